The highest BCUT2D eigenvalue weighted by atomic mass is 35.5. The highest BCUT2D eigenvalue weighted by molar-refractivity contribution is 6.17. The molecule has 0 amide bonds. The van der Waals surface area contributed by atoms with E-state index in [1.54, 1.807) is 0 Å². The van der Waals surface area contributed by atoms with Crippen molar-refractivity contribution in [3.05, 3.63) is 72.6 Å². The monoisotopic (exact) mass is 292 g/mol. The van der Waals surface area contributed by atoms with Crippen LogP contribution in [0.2, 0.25) is 0 Å². The Hall–Kier alpha value is -2.32. The number of rotatable bonds is 2. The third kappa shape index (κ3) is 2.18. The fourth-order valence-electron chi connectivity index (χ4n) is 2.59. The van der Waals surface area contributed by atoms with Crippen LogP contribution >= 0.6 is 11.6 Å². The zero-order chi connectivity index (χ0) is 14.2. The van der Waals surface area contributed by atoms with Crippen LogP contribution in [0, 0.1) is 0 Å². The number of halogens is 1. The van der Waals surface area contributed by atoms with Crippen molar-refractivity contribution < 1.29 is 0 Å². The molecule has 0 atom stereocenters. The highest BCUT2D eigenvalue weighted by Crippen LogP contribution is 2.24. The number of imidazole rings is 1. The molecule has 0 radical (unpaired) electrons. The van der Waals surface area contributed by atoms with Crippen LogP contribution in [0.25, 0.3) is 27.7 Å². The average molecular weight is 293 g/mol. The summed E-state index contributed by atoms with van der Waals surface area (Å²) in [7, 11) is 0. The molecule has 4 rings (SSSR count). The van der Waals surface area contributed by atoms with Gasteiger partial charge in [0.05, 0.1) is 5.69 Å². The molecule has 2 nitrogen and oxygen atoms in total. The van der Waals surface area contributed by atoms with Gasteiger partial charge in [-0.25, -0.2) is 4.98 Å². The second-order valence-electron chi connectivity index (χ2n) is 5.12. The maximum Gasteiger partial charge on any atom is 0.137 e. The van der Waals surface area contributed by atoms with Gasteiger partial charge in [-0.15, -0.1) is 11.6 Å². The Balaban J connectivity index is 1.87. The summed E-state index contributed by atoms with van der Waals surface area (Å²) in [5.41, 5.74) is 4.12. The largest absolute Gasteiger partial charge is 0.306 e. The highest BCUT2D eigenvalue weighted by Gasteiger charge is 2.05. The maximum absolute atomic E-state index is 5.88. The standard InChI is InChI=1S/C18H13ClN2/c19-11-13-7-8-21-12-17(20-18(21)9-13)16-6-5-14-3-1-2-4-15(14)10-16/h1-10,12H,11H2. The smallest absolute Gasteiger partial charge is 0.137 e. The third-order valence-electron chi connectivity index (χ3n) is 3.72. The lowest BCUT2D eigenvalue weighted by atomic mass is 10.1. The number of aromatic nitrogens is 2. The van der Waals surface area contributed by atoms with E-state index >= 15 is 0 Å². The molecule has 0 N–H and O–H groups in total. The third-order valence-corrected chi connectivity index (χ3v) is 4.03. The Labute approximate surface area is 127 Å². The molecule has 0 saturated carbocycles. The Kier molecular flexibility index (Phi) is 2.90. The molecule has 0 aliphatic heterocycles. The van der Waals surface area contributed by atoms with Gasteiger partial charge < -0.3 is 4.40 Å². The minimum absolute atomic E-state index is 0.509. The van der Waals surface area contributed by atoms with Crippen LogP contribution in [0.3, 0.4) is 0 Å². The lowest BCUT2D eigenvalue weighted by Gasteiger charge is -2.00. The van der Waals surface area contributed by atoms with Crippen LogP contribution in [0.1, 0.15) is 5.56 Å². The minimum Gasteiger partial charge on any atom is -0.306 e. The average Bonchev–Trinajstić information content (AvgIpc) is 2.97. The molecule has 2 aromatic carbocycles. The number of pyridine rings is 1. The second-order valence-corrected chi connectivity index (χ2v) is 5.39. The van der Waals surface area contributed by atoms with Crippen molar-refractivity contribution in [1.82, 2.24) is 9.38 Å². The van der Waals surface area contributed by atoms with E-state index in [0.717, 1.165) is 22.5 Å². The maximum atomic E-state index is 5.88. The molecule has 0 unspecified atom stereocenters. The summed E-state index contributed by atoms with van der Waals surface area (Å²) in [6, 6.07) is 18.8. The van der Waals surface area contributed by atoms with Crippen LogP contribution in [-0.4, -0.2) is 9.38 Å². The Bertz CT molecular complexity index is 940. The number of benzene rings is 2. The molecule has 0 aliphatic rings. The van der Waals surface area contributed by atoms with Gasteiger partial charge in [-0.05, 0) is 34.5 Å². The van der Waals surface area contributed by atoms with E-state index in [-0.39, 0.29) is 0 Å². The van der Waals surface area contributed by atoms with Gasteiger partial charge in [-0.3, -0.25) is 0 Å². The van der Waals surface area contributed by atoms with Crippen LogP contribution < -0.4 is 0 Å². The number of hydrogen-bond donors (Lipinski definition) is 0. The van der Waals surface area contributed by atoms with Gasteiger partial charge in [0.25, 0.3) is 0 Å². The van der Waals surface area contributed by atoms with Crippen molar-refractivity contribution in [2.24, 2.45) is 0 Å². The number of fused-ring (bicyclic) bond motifs is 2. The number of hydrogen-bond acceptors (Lipinski definition) is 1. The Morgan fingerprint density at radius 2 is 1.81 bits per heavy atom. The zero-order valence-electron chi connectivity index (χ0n) is 11.3. The first-order valence-corrected chi connectivity index (χ1v) is 7.40. The van der Waals surface area contributed by atoms with E-state index in [1.807, 2.05) is 22.7 Å². The van der Waals surface area contributed by atoms with Crippen LogP contribution in [0.15, 0.2) is 67.0 Å². The molecule has 0 aliphatic carbocycles. The van der Waals surface area contributed by atoms with Gasteiger partial charge in [0.1, 0.15) is 5.65 Å². The van der Waals surface area contributed by atoms with Gasteiger partial charge in [0.2, 0.25) is 0 Å². The van der Waals surface area contributed by atoms with E-state index in [1.165, 1.54) is 10.8 Å². The zero-order valence-corrected chi connectivity index (χ0v) is 12.1. The summed E-state index contributed by atoms with van der Waals surface area (Å²) in [5, 5.41) is 2.47. The molecule has 4 aromatic rings. The van der Waals surface area contributed by atoms with Crippen LogP contribution in [0.5, 0.6) is 0 Å². The van der Waals surface area contributed by atoms with Gasteiger partial charge >= 0.3 is 0 Å². The van der Waals surface area contributed by atoms with E-state index in [0.29, 0.717) is 5.88 Å². The molecule has 21 heavy (non-hydrogen) atoms. The quantitative estimate of drug-likeness (QED) is 0.481. The topological polar surface area (TPSA) is 17.3 Å². The first kappa shape index (κ1) is 12.4. The summed E-state index contributed by atoms with van der Waals surface area (Å²) in [5.74, 6) is 0.509. The summed E-state index contributed by atoms with van der Waals surface area (Å²) >= 11 is 5.88. The first-order valence-electron chi connectivity index (χ1n) is 6.86. The van der Waals surface area contributed by atoms with Crippen molar-refractivity contribution in [2.45, 2.75) is 5.88 Å². The Morgan fingerprint density at radius 3 is 2.67 bits per heavy atom. The van der Waals surface area contributed by atoms with Crippen LogP contribution in [-0.2, 0) is 5.88 Å². The van der Waals surface area contributed by atoms with Gasteiger partial charge in [-0.1, -0.05) is 36.4 Å². The minimum atomic E-state index is 0.509. The first-order chi connectivity index (χ1) is 10.3. The summed E-state index contributed by atoms with van der Waals surface area (Å²) in [6.45, 7) is 0. The lowest BCUT2D eigenvalue weighted by Crippen LogP contribution is -1.84. The van der Waals surface area contributed by atoms with Crippen LogP contribution in [0.4, 0.5) is 0 Å². The Morgan fingerprint density at radius 1 is 0.952 bits per heavy atom. The predicted octanol–water partition coefficient (Wildman–Crippen LogP) is 4.89. The fourth-order valence-corrected chi connectivity index (χ4v) is 2.76. The predicted molar refractivity (Wildman–Crippen MR) is 87.7 cm³/mol. The SMILES string of the molecule is ClCc1ccn2cc(-c3ccc4ccccc4c3)nc2c1. The van der Waals surface area contributed by atoms with Gasteiger partial charge in [0, 0.05) is 23.8 Å². The second kappa shape index (κ2) is 4.90. The van der Waals surface area contributed by atoms with E-state index in [4.69, 9.17) is 16.6 Å². The van der Waals surface area contributed by atoms with Gasteiger partial charge in [0.15, 0.2) is 0 Å². The molecule has 0 bridgehead atoms. The van der Waals surface area contributed by atoms with Crippen molar-refractivity contribution in [2.75, 3.05) is 0 Å². The molecular formula is C18H13ClN2. The van der Waals surface area contributed by atoms with Crippen molar-refractivity contribution in [1.29, 1.82) is 0 Å². The molecule has 2 heterocycles. The molecule has 0 spiro atoms. The summed E-state index contributed by atoms with van der Waals surface area (Å²) in [4.78, 5) is 4.70. The van der Waals surface area contributed by atoms with Gasteiger partial charge in [-0.2, -0.15) is 0 Å². The normalized spacial score (nSPS) is 11.3. The summed E-state index contributed by atoms with van der Waals surface area (Å²) in [6.07, 6.45) is 4.06. The van der Waals surface area contributed by atoms with Crippen molar-refractivity contribution in [3.63, 3.8) is 0 Å². The fraction of sp³-hybridized carbons (Fsp3) is 0.0556. The molecule has 0 fully saturated rings. The number of alkyl halides is 1. The van der Waals surface area contributed by atoms with E-state index < -0.39 is 0 Å². The van der Waals surface area contributed by atoms with E-state index in [9.17, 15) is 0 Å². The molecular weight excluding hydrogens is 280 g/mol. The molecule has 0 saturated heterocycles. The van der Waals surface area contributed by atoms with Crippen molar-refractivity contribution in [3.8, 4) is 11.3 Å². The van der Waals surface area contributed by atoms with E-state index in [2.05, 4.69) is 48.7 Å². The molecule has 3 heteroatoms. The van der Waals surface area contributed by atoms with Crippen molar-refractivity contribution >= 4 is 28.0 Å². The lowest BCUT2D eigenvalue weighted by molar-refractivity contribution is 1.16. The summed E-state index contributed by atoms with van der Waals surface area (Å²) < 4.78 is 2.03. The number of nitrogens with zero attached hydrogens (tertiary/aromatic N) is 2. The molecule has 102 valence electrons. The molecule has 2 aromatic heterocycles.